The van der Waals surface area contributed by atoms with E-state index in [-0.39, 0.29) is 0 Å². The zero-order chi connectivity index (χ0) is 7.82. The highest BCUT2D eigenvalue weighted by molar-refractivity contribution is 8.13. The highest BCUT2D eigenvalue weighted by atomic mass is 32.2. The lowest BCUT2D eigenvalue weighted by atomic mass is 10.6. The van der Waals surface area contributed by atoms with E-state index in [9.17, 15) is 0 Å². The van der Waals surface area contributed by atoms with Crippen molar-refractivity contribution in [2.24, 2.45) is 4.99 Å². The number of hydrogen-bond acceptors (Lipinski definition) is 2. The first kappa shape index (κ1) is 9.56. The molecule has 1 N–H and O–H groups in total. The van der Waals surface area contributed by atoms with Crippen LogP contribution in [0.1, 0.15) is 6.92 Å². The third kappa shape index (κ3) is 4.44. The van der Waals surface area contributed by atoms with Crippen LogP contribution in [0, 0.1) is 0 Å². The van der Waals surface area contributed by atoms with Crippen LogP contribution in [0.15, 0.2) is 17.1 Å². The van der Waals surface area contributed by atoms with Crippen LogP contribution >= 0.6 is 11.8 Å². The van der Waals surface area contributed by atoms with Crippen LogP contribution in [-0.2, 0) is 0 Å². The summed E-state index contributed by atoms with van der Waals surface area (Å²) in [5.41, 5.74) is 0. The molecule has 0 rings (SSSR count). The van der Waals surface area contributed by atoms with Crippen molar-refractivity contribution >= 4 is 16.9 Å². The maximum Gasteiger partial charge on any atom is 0.156 e. The van der Waals surface area contributed by atoms with Gasteiger partial charge in [-0.3, -0.25) is 4.99 Å². The number of nitrogens with zero attached hydrogens (tertiary/aromatic N) is 1. The van der Waals surface area contributed by atoms with Gasteiger partial charge in [-0.15, -0.1) is 0 Å². The predicted octanol–water partition coefficient (Wildman–Crippen LogP) is 1.50. The first-order valence-electron chi connectivity index (χ1n) is 3.23. The molecule has 10 heavy (non-hydrogen) atoms. The van der Waals surface area contributed by atoms with E-state index in [2.05, 4.69) is 16.4 Å². The van der Waals surface area contributed by atoms with Gasteiger partial charge in [-0.25, -0.2) is 0 Å². The smallest absolute Gasteiger partial charge is 0.156 e. The molecule has 0 aliphatic rings. The summed E-state index contributed by atoms with van der Waals surface area (Å²) in [6.45, 7) is 2.02. The largest absolute Gasteiger partial charge is 0.368 e. The zero-order valence-corrected chi connectivity index (χ0v) is 7.53. The molecule has 3 heteroatoms. The SMILES string of the molecule is C/C=C/CSC(=NC)NC. The van der Waals surface area contributed by atoms with Gasteiger partial charge in [0.15, 0.2) is 5.17 Å². The van der Waals surface area contributed by atoms with Crippen LogP contribution in [-0.4, -0.2) is 25.0 Å². The fraction of sp³-hybridized carbons (Fsp3) is 0.571. The monoisotopic (exact) mass is 158 g/mol. The minimum absolute atomic E-state index is 0.984. The second kappa shape index (κ2) is 6.68. The Hall–Kier alpha value is -0.440. The number of amidine groups is 1. The Balaban J connectivity index is 3.46. The molecule has 0 saturated heterocycles. The summed E-state index contributed by atoms with van der Waals surface area (Å²) in [7, 11) is 3.67. The van der Waals surface area contributed by atoms with Crippen molar-refractivity contribution in [3.8, 4) is 0 Å². The van der Waals surface area contributed by atoms with Gasteiger partial charge in [-0.2, -0.15) is 0 Å². The summed E-state index contributed by atoms with van der Waals surface area (Å²) in [6, 6.07) is 0. The number of aliphatic imine (C=N–C) groups is 1. The summed E-state index contributed by atoms with van der Waals surface area (Å²) in [6.07, 6.45) is 4.14. The molecular formula is C7H14N2S. The standard InChI is InChI=1S/C7H14N2S/c1-4-5-6-10-7(8-2)9-3/h4-5H,6H2,1-3H3,(H,8,9)/b5-4+. The Morgan fingerprint density at radius 2 is 2.40 bits per heavy atom. The average Bonchev–Trinajstić information content (AvgIpc) is 1.99. The maximum atomic E-state index is 4.01. The van der Waals surface area contributed by atoms with Crippen molar-refractivity contribution < 1.29 is 0 Å². The Morgan fingerprint density at radius 1 is 1.70 bits per heavy atom. The van der Waals surface area contributed by atoms with E-state index in [1.807, 2.05) is 20.0 Å². The number of allylic oxidation sites excluding steroid dienone is 1. The summed E-state index contributed by atoms with van der Waals surface area (Å²) in [5, 5.41) is 3.97. The van der Waals surface area contributed by atoms with Crippen LogP contribution in [0.25, 0.3) is 0 Å². The van der Waals surface area contributed by atoms with Crippen LogP contribution in [0.5, 0.6) is 0 Å². The molecule has 0 saturated carbocycles. The van der Waals surface area contributed by atoms with Gasteiger partial charge in [0, 0.05) is 19.8 Å². The van der Waals surface area contributed by atoms with Gasteiger partial charge >= 0.3 is 0 Å². The predicted molar refractivity (Wildman–Crippen MR) is 49.7 cm³/mol. The summed E-state index contributed by atoms with van der Waals surface area (Å²) < 4.78 is 0. The van der Waals surface area contributed by atoms with Gasteiger partial charge < -0.3 is 5.32 Å². The quantitative estimate of drug-likeness (QED) is 0.374. The number of nitrogens with one attached hydrogen (secondary N) is 1. The van der Waals surface area contributed by atoms with Gasteiger partial charge in [0.1, 0.15) is 0 Å². The Labute approximate surface area is 66.8 Å². The molecule has 0 fully saturated rings. The molecule has 0 heterocycles. The third-order valence-corrected chi connectivity index (χ3v) is 1.99. The molecule has 0 unspecified atom stereocenters. The Bertz CT molecular complexity index is 130. The van der Waals surface area contributed by atoms with Gasteiger partial charge in [0.05, 0.1) is 0 Å². The molecule has 0 amide bonds. The molecule has 0 aromatic carbocycles. The van der Waals surface area contributed by atoms with E-state index >= 15 is 0 Å². The third-order valence-electron chi connectivity index (χ3n) is 0.969. The minimum atomic E-state index is 0.984. The first-order valence-corrected chi connectivity index (χ1v) is 4.22. The van der Waals surface area contributed by atoms with Crippen molar-refractivity contribution in [1.29, 1.82) is 0 Å². The topological polar surface area (TPSA) is 24.4 Å². The number of hydrogen-bond donors (Lipinski definition) is 1. The molecule has 0 aromatic rings. The number of thioether (sulfide) groups is 1. The van der Waals surface area contributed by atoms with E-state index in [1.54, 1.807) is 18.8 Å². The fourth-order valence-electron chi connectivity index (χ4n) is 0.472. The molecule has 0 spiro atoms. The van der Waals surface area contributed by atoms with Crippen LogP contribution < -0.4 is 5.32 Å². The molecule has 0 atom stereocenters. The number of rotatable bonds is 2. The van der Waals surface area contributed by atoms with E-state index < -0.39 is 0 Å². The Morgan fingerprint density at radius 3 is 2.80 bits per heavy atom. The average molecular weight is 158 g/mol. The second-order valence-corrected chi connectivity index (χ2v) is 2.67. The van der Waals surface area contributed by atoms with Crippen LogP contribution in [0.2, 0.25) is 0 Å². The van der Waals surface area contributed by atoms with Crippen molar-refractivity contribution in [3.05, 3.63) is 12.2 Å². The van der Waals surface area contributed by atoms with Gasteiger partial charge in [0.2, 0.25) is 0 Å². The first-order chi connectivity index (χ1) is 4.85. The summed E-state index contributed by atoms with van der Waals surface area (Å²) in [4.78, 5) is 4.01. The van der Waals surface area contributed by atoms with Gasteiger partial charge in [0.25, 0.3) is 0 Å². The van der Waals surface area contributed by atoms with Gasteiger partial charge in [-0.05, 0) is 6.92 Å². The normalized spacial score (nSPS) is 12.5. The van der Waals surface area contributed by atoms with E-state index in [1.165, 1.54) is 0 Å². The molecular weight excluding hydrogens is 144 g/mol. The van der Waals surface area contributed by atoms with Gasteiger partial charge in [-0.1, -0.05) is 23.9 Å². The minimum Gasteiger partial charge on any atom is -0.368 e. The highest BCUT2D eigenvalue weighted by Gasteiger charge is 1.90. The molecule has 0 radical (unpaired) electrons. The fourth-order valence-corrected chi connectivity index (χ4v) is 1.19. The second-order valence-electron chi connectivity index (χ2n) is 1.66. The molecule has 58 valence electrons. The van der Waals surface area contributed by atoms with Crippen molar-refractivity contribution in [2.45, 2.75) is 6.92 Å². The van der Waals surface area contributed by atoms with E-state index in [0.717, 1.165) is 10.9 Å². The molecule has 2 nitrogen and oxygen atoms in total. The molecule has 0 aliphatic carbocycles. The van der Waals surface area contributed by atoms with Crippen molar-refractivity contribution in [2.75, 3.05) is 19.8 Å². The molecule has 0 aromatic heterocycles. The van der Waals surface area contributed by atoms with Crippen molar-refractivity contribution in [3.63, 3.8) is 0 Å². The summed E-state index contributed by atoms with van der Waals surface area (Å²) >= 11 is 1.70. The lowest BCUT2D eigenvalue weighted by molar-refractivity contribution is 1.18. The van der Waals surface area contributed by atoms with E-state index in [4.69, 9.17) is 0 Å². The van der Waals surface area contributed by atoms with E-state index in [0.29, 0.717) is 0 Å². The maximum absolute atomic E-state index is 4.01. The lowest BCUT2D eigenvalue weighted by Gasteiger charge is -1.99. The lowest BCUT2D eigenvalue weighted by Crippen LogP contribution is -2.13. The Kier molecular flexibility index (Phi) is 6.38. The van der Waals surface area contributed by atoms with Crippen LogP contribution in [0.3, 0.4) is 0 Å². The van der Waals surface area contributed by atoms with Crippen LogP contribution in [0.4, 0.5) is 0 Å². The zero-order valence-electron chi connectivity index (χ0n) is 6.72. The van der Waals surface area contributed by atoms with Crippen molar-refractivity contribution in [1.82, 2.24) is 5.32 Å². The molecule has 0 bridgehead atoms. The summed E-state index contributed by atoms with van der Waals surface area (Å²) in [5.74, 6) is 0.990. The molecule has 0 aliphatic heterocycles. The highest BCUT2D eigenvalue weighted by Crippen LogP contribution is 2.00.